The maximum absolute atomic E-state index is 13.0. The van der Waals surface area contributed by atoms with Gasteiger partial charge in [0.2, 0.25) is 0 Å². The van der Waals surface area contributed by atoms with Crippen LogP contribution in [0.1, 0.15) is 26.3 Å². The van der Waals surface area contributed by atoms with Gasteiger partial charge in [0, 0.05) is 6.54 Å². The molecule has 0 aliphatic carbocycles. The Hall–Kier alpha value is -2.11. The van der Waals surface area contributed by atoms with Crippen LogP contribution < -0.4 is 10.6 Å². The van der Waals surface area contributed by atoms with Crippen molar-refractivity contribution in [1.82, 2.24) is 10.6 Å². The van der Waals surface area contributed by atoms with E-state index in [0.717, 1.165) is 0 Å². The van der Waals surface area contributed by atoms with Gasteiger partial charge in [-0.15, -0.1) is 0 Å². The van der Waals surface area contributed by atoms with Gasteiger partial charge < -0.3 is 15.7 Å². The molecule has 1 atom stereocenters. The molecule has 2 amide bonds. The maximum Gasteiger partial charge on any atom is 0.326 e. The molecule has 6 heteroatoms. The first-order valence-electron chi connectivity index (χ1n) is 6.22. The van der Waals surface area contributed by atoms with Crippen LogP contribution in [-0.2, 0) is 11.3 Å². The van der Waals surface area contributed by atoms with Crippen LogP contribution in [0.15, 0.2) is 24.3 Å². The highest BCUT2D eigenvalue weighted by molar-refractivity contribution is 5.83. The molecule has 0 fully saturated rings. The number of hydrogen-bond acceptors (Lipinski definition) is 2. The number of halogens is 1. The number of carboxylic acid groups (broad SMARTS) is 1. The maximum atomic E-state index is 13.0. The molecule has 5 nitrogen and oxygen atoms in total. The normalized spacial score (nSPS) is 12.6. The Labute approximate surface area is 117 Å². The van der Waals surface area contributed by atoms with Gasteiger partial charge >= 0.3 is 12.0 Å². The van der Waals surface area contributed by atoms with E-state index >= 15 is 0 Å². The van der Waals surface area contributed by atoms with Crippen molar-refractivity contribution in [2.45, 2.75) is 33.4 Å². The predicted molar refractivity (Wildman–Crippen MR) is 72.7 cm³/mol. The van der Waals surface area contributed by atoms with Crippen LogP contribution in [0.2, 0.25) is 0 Å². The molecule has 1 aromatic carbocycles. The molecule has 110 valence electrons. The highest BCUT2D eigenvalue weighted by atomic mass is 19.1. The zero-order valence-corrected chi connectivity index (χ0v) is 11.7. The first kappa shape index (κ1) is 15.9. The van der Waals surface area contributed by atoms with Crippen molar-refractivity contribution in [2.24, 2.45) is 5.41 Å². The van der Waals surface area contributed by atoms with Gasteiger partial charge in [-0.05, 0) is 23.1 Å². The molecule has 0 aromatic heterocycles. The number of hydrogen-bond donors (Lipinski definition) is 3. The molecule has 0 aliphatic rings. The van der Waals surface area contributed by atoms with Gasteiger partial charge in [0.15, 0.2) is 0 Å². The van der Waals surface area contributed by atoms with Gasteiger partial charge in [-0.25, -0.2) is 14.0 Å². The average Bonchev–Trinajstić information content (AvgIpc) is 2.31. The number of amides is 2. The third-order valence-corrected chi connectivity index (χ3v) is 2.73. The zero-order valence-electron chi connectivity index (χ0n) is 11.7. The van der Waals surface area contributed by atoms with Crippen molar-refractivity contribution in [2.75, 3.05) is 0 Å². The van der Waals surface area contributed by atoms with Crippen LogP contribution in [-0.4, -0.2) is 23.1 Å². The Kier molecular flexibility index (Phi) is 5.07. The molecular formula is C14H19FN2O3. The summed E-state index contributed by atoms with van der Waals surface area (Å²) in [6.07, 6.45) is 0. The molecule has 0 bridgehead atoms. The quantitative estimate of drug-likeness (QED) is 0.791. The summed E-state index contributed by atoms with van der Waals surface area (Å²) in [6, 6.07) is 4.22. The lowest BCUT2D eigenvalue weighted by atomic mass is 9.87. The number of carbonyl (C=O) groups excluding carboxylic acids is 1. The number of benzene rings is 1. The molecule has 0 saturated heterocycles. The molecule has 0 unspecified atom stereocenters. The lowest BCUT2D eigenvalue weighted by Gasteiger charge is -2.27. The highest BCUT2D eigenvalue weighted by Crippen LogP contribution is 2.19. The standard InChI is InChI=1S/C14H19FN2O3/c1-14(2,3)11(12(18)19)17-13(20)16-8-9-5-4-6-10(15)7-9/h4-7,11H,8H2,1-3H3,(H,18,19)(H2,16,17,20)/t11-/m0/s1. The molecule has 0 aliphatic heterocycles. The minimum atomic E-state index is -1.10. The van der Waals surface area contributed by atoms with Crippen molar-refractivity contribution in [3.63, 3.8) is 0 Å². The minimum Gasteiger partial charge on any atom is -0.480 e. The average molecular weight is 282 g/mol. The summed E-state index contributed by atoms with van der Waals surface area (Å²) in [7, 11) is 0. The first-order chi connectivity index (χ1) is 9.20. The van der Waals surface area contributed by atoms with Gasteiger partial charge in [0.1, 0.15) is 11.9 Å². The second-order valence-corrected chi connectivity index (χ2v) is 5.59. The Bertz CT molecular complexity index is 497. The summed E-state index contributed by atoms with van der Waals surface area (Å²) in [4.78, 5) is 22.8. The Morgan fingerprint density at radius 1 is 1.35 bits per heavy atom. The summed E-state index contributed by atoms with van der Waals surface area (Å²) >= 11 is 0. The van der Waals surface area contributed by atoms with Crippen LogP contribution in [0.5, 0.6) is 0 Å². The third-order valence-electron chi connectivity index (χ3n) is 2.73. The summed E-state index contributed by atoms with van der Waals surface area (Å²) in [5, 5.41) is 14.0. The SMILES string of the molecule is CC(C)(C)[C@@H](NC(=O)NCc1cccc(F)c1)C(=O)O. The van der Waals surface area contributed by atoms with Crippen molar-refractivity contribution in [1.29, 1.82) is 0 Å². The van der Waals surface area contributed by atoms with E-state index in [1.54, 1.807) is 32.9 Å². The Morgan fingerprint density at radius 2 is 2.00 bits per heavy atom. The van der Waals surface area contributed by atoms with Crippen LogP contribution in [0.25, 0.3) is 0 Å². The number of rotatable bonds is 4. The number of urea groups is 1. The fourth-order valence-corrected chi connectivity index (χ4v) is 1.66. The molecule has 20 heavy (non-hydrogen) atoms. The van der Waals surface area contributed by atoms with Crippen LogP contribution in [0.3, 0.4) is 0 Å². The fourth-order valence-electron chi connectivity index (χ4n) is 1.66. The lowest BCUT2D eigenvalue weighted by Crippen LogP contribution is -2.52. The summed E-state index contributed by atoms with van der Waals surface area (Å²) < 4.78 is 13.0. The van der Waals surface area contributed by atoms with E-state index in [-0.39, 0.29) is 12.4 Å². The minimum absolute atomic E-state index is 0.125. The van der Waals surface area contributed by atoms with Crippen molar-refractivity contribution in [3.05, 3.63) is 35.6 Å². The van der Waals surface area contributed by atoms with Gasteiger partial charge in [-0.3, -0.25) is 0 Å². The molecule has 0 spiro atoms. The molecule has 1 rings (SSSR count). The topological polar surface area (TPSA) is 78.4 Å². The van der Waals surface area contributed by atoms with Crippen LogP contribution in [0.4, 0.5) is 9.18 Å². The monoisotopic (exact) mass is 282 g/mol. The lowest BCUT2D eigenvalue weighted by molar-refractivity contribution is -0.141. The number of aliphatic carboxylic acids is 1. The molecule has 0 radical (unpaired) electrons. The molecule has 0 heterocycles. The van der Waals surface area contributed by atoms with E-state index in [4.69, 9.17) is 5.11 Å². The molecular weight excluding hydrogens is 263 g/mol. The largest absolute Gasteiger partial charge is 0.480 e. The summed E-state index contributed by atoms with van der Waals surface area (Å²) in [6.45, 7) is 5.29. The second-order valence-electron chi connectivity index (χ2n) is 5.59. The molecule has 0 saturated carbocycles. The molecule has 3 N–H and O–H groups in total. The number of nitrogens with one attached hydrogen (secondary N) is 2. The van der Waals surface area contributed by atoms with E-state index in [9.17, 15) is 14.0 Å². The van der Waals surface area contributed by atoms with E-state index in [0.29, 0.717) is 5.56 Å². The van der Waals surface area contributed by atoms with Crippen molar-refractivity contribution < 1.29 is 19.1 Å². The van der Waals surface area contributed by atoms with E-state index in [2.05, 4.69) is 10.6 Å². The third kappa shape index (κ3) is 4.87. The summed E-state index contributed by atoms with van der Waals surface area (Å²) in [5.41, 5.74) is -0.00930. The second kappa shape index (κ2) is 6.36. The Balaban J connectivity index is 2.57. The Morgan fingerprint density at radius 3 is 2.50 bits per heavy atom. The van der Waals surface area contributed by atoms with E-state index in [1.165, 1.54) is 12.1 Å². The van der Waals surface area contributed by atoms with Crippen LogP contribution >= 0.6 is 0 Å². The fraction of sp³-hybridized carbons (Fsp3) is 0.429. The van der Waals surface area contributed by atoms with Gasteiger partial charge in [0.05, 0.1) is 0 Å². The number of carbonyl (C=O) groups is 2. The van der Waals surface area contributed by atoms with Gasteiger partial charge in [-0.2, -0.15) is 0 Å². The van der Waals surface area contributed by atoms with Gasteiger partial charge in [-0.1, -0.05) is 32.9 Å². The summed E-state index contributed by atoms with van der Waals surface area (Å²) in [5.74, 6) is -1.48. The van der Waals surface area contributed by atoms with Crippen LogP contribution in [0, 0.1) is 11.2 Å². The van der Waals surface area contributed by atoms with Gasteiger partial charge in [0.25, 0.3) is 0 Å². The highest BCUT2D eigenvalue weighted by Gasteiger charge is 2.32. The van der Waals surface area contributed by atoms with E-state index < -0.39 is 23.5 Å². The number of carboxylic acids is 1. The predicted octanol–water partition coefficient (Wildman–Crippen LogP) is 2.12. The first-order valence-corrected chi connectivity index (χ1v) is 6.22. The zero-order chi connectivity index (χ0) is 15.3. The molecule has 1 aromatic rings. The smallest absolute Gasteiger partial charge is 0.326 e. The van der Waals surface area contributed by atoms with Crippen molar-refractivity contribution >= 4 is 12.0 Å². The van der Waals surface area contributed by atoms with Crippen molar-refractivity contribution in [3.8, 4) is 0 Å². The van der Waals surface area contributed by atoms with E-state index in [1.807, 2.05) is 0 Å².